The molecule has 3 aromatic rings. The van der Waals surface area contributed by atoms with Gasteiger partial charge < -0.3 is 5.32 Å². The molecule has 1 unspecified atom stereocenters. The molecule has 1 heterocycles. The van der Waals surface area contributed by atoms with Gasteiger partial charge in [0.25, 0.3) is 0 Å². The molecule has 0 aliphatic heterocycles. The molecule has 0 bridgehead atoms. The topological polar surface area (TPSA) is 12.0 Å². The van der Waals surface area contributed by atoms with E-state index in [1.54, 1.807) is 11.3 Å². The van der Waals surface area contributed by atoms with Crippen LogP contribution in [0.25, 0.3) is 0 Å². The summed E-state index contributed by atoms with van der Waals surface area (Å²) in [5.41, 5.74) is 4.03. The second kappa shape index (κ2) is 6.70. The highest BCUT2D eigenvalue weighted by Crippen LogP contribution is 2.37. The summed E-state index contributed by atoms with van der Waals surface area (Å²) in [6.07, 6.45) is 0. The molecule has 0 amide bonds. The Hall–Kier alpha value is -1.90. The Balaban J connectivity index is 2.08. The van der Waals surface area contributed by atoms with E-state index in [1.165, 1.54) is 16.7 Å². The van der Waals surface area contributed by atoms with Gasteiger partial charge in [0.15, 0.2) is 0 Å². The standard InChI is InChI=1S/C19H19NS/c1-20-19(17-12-13-21-14-17)18(15-8-4-2-5-9-15)16-10-6-3-7-11-16/h2-14,18-20H,1H3. The minimum Gasteiger partial charge on any atom is -0.312 e. The van der Waals surface area contributed by atoms with Crippen LogP contribution in [-0.4, -0.2) is 7.05 Å². The molecule has 0 aliphatic rings. The lowest BCUT2D eigenvalue weighted by molar-refractivity contribution is 0.532. The van der Waals surface area contributed by atoms with Crippen LogP contribution in [-0.2, 0) is 0 Å². The fraction of sp³-hybridized carbons (Fsp3) is 0.158. The molecule has 0 spiro atoms. The minimum absolute atomic E-state index is 0.279. The van der Waals surface area contributed by atoms with Crippen LogP contribution >= 0.6 is 11.3 Å². The van der Waals surface area contributed by atoms with Gasteiger partial charge in [0.2, 0.25) is 0 Å². The number of hydrogen-bond acceptors (Lipinski definition) is 2. The van der Waals surface area contributed by atoms with E-state index in [0.717, 1.165) is 0 Å². The van der Waals surface area contributed by atoms with Crippen LogP contribution in [0.1, 0.15) is 28.7 Å². The lowest BCUT2D eigenvalue weighted by Gasteiger charge is -2.27. The Labute approximate surface area is 130 Å². The van der Waals surface area contributed by atoms with E-state index < -0.39 is 0 Å². The molecule has 0 radical (unpaired) electrons. The molecule has 1 aromatic heterocycles. The molecule has 2 aromatic carbocycles. The van der Waals surface area contributed by atoms with E-state index in [4.69, 9.17) is 0 Å². The predicted octanol–water partition coefficient (Wildman–Crippen LogP) is 4.84. The maximum absolute atomic E-state index is 3.51. The molecule has 1 atom stereocenters. The van der Waals surface area contributed by atoms with Crippen molar-refractivity contribution in [1.82, 2.24) is 5.32 Å². The van der Waals surface area contributed by atoms with E-state index in [2.05, 4.69) is 82.8 Å². The molecule has 21 heavy (non-hydrogen) atoms. The van der Waals surface area contributed by atoms with Crippen molar-refractivity contribution >= 4 is 11.3 Å². The van der Waals surface area contributed by atoms with Crippen molar-refractivity contribution in [1.29, 1.82) is 0 Å². The first kappa shape index (κ1) is 14.1. The molecular weight excluding hydrogens is 274 g/mol. The van der Waals surface area contributed by atoms with Crippen LogP contribution in [0.2, 0.25) is 0 Å². The summed E-state index contributed by atoms with van der Waals surface area (Å²) < 4.78 is 0. The van der Waals surface area contributed by atoms with Crippen molar-refractivity contribution in [2.24, 2.45) is 0 Å². The highest BCUT2D eigenvalue weighted by molar-refractivity contribution is 7.07. The SMILES string of the molecule is CNC(c1ccsc1)C(c1ccccc1)c1ccccc1. The van der Waals surface area contributed by atoms with Crippen molar-refractivity contribution in [3.05, 3.63) is 94.2 Å². The zero-order valence-electron chi connectivity index (χ0n) is 12.1. The lowest BCUT2D eigenvalue weighted by atomic mass is 9.82. The summed E-state index contributed by atoms with van der Waals surface area (Å²) in [4.78, 5) is 0. The summed E-state index contributed by atoms with van der Waals surface area (Å²) in [7, 11) is 2.04. The van der Waals surface area contributed by atoms with Crippen molar-refractivity contribution < 1.29 is 0 Å². The molecule has 0 fully saturated rings. The van der Waals surface area contributed by atoms with Gasteiger partial charge in [0, 0.05) is 12.0 Å². The highest BCUT2D eigenvalue weighted by atomic mass is 32.1. The Morgan fingerprint density at radius 3 is 1.76 bits per heavy atom. The van der Waals surface area contributed by atoms with Crippen LogP contribution in [0.4, 0.5) is 0 Å². The van der Waals surface area contributed by atoms with Crippen LogP contribution in [0, 0.1) is 0 Å². The number of nitrogens with one attached hydrogen (secondary N) is 1. The first-order chi connectivity index (χ1) is 10.4. The van der Waals surface area contributed by atoms with E-state index in [9.17, 15) is 0 Å². The smallest absolute Gasteiger partial charge is 0.0436 e. The van der Waals surface area contributed by atoms with Gasteiger partial charge in [-0.1, -0.05) is 60.7 Å². The summed E-state index contributed by atoms with van der Waals surface area (Å²) in [5, 5.41) is 7.89. The zero-order valence-corrected chi connectivity index (χ0v) is 12.9. The van der Waals surface area contributed by atoms with Gasteiger partial charge in [0.1, 0.15) is 0 Å². The van der Waals surface area contributed by atoms with Crippen LogP contribution < -0.4 is 5.32 Å². The largest absolute Gasteiger partial charge is 0.312 e. The second-order valence-corrected chi connectivity index (χ2v) is 5.90. The third-order valence-corrected chi connectivity index (χ3v) is 4.57. The van der Waals surface area contributed by atoms with Crippen LogP contribution in [0.5, 0.6) is 0 Å². The van der Waals surface area contributed by atoms with E-state index in [1.807, 2.05) is 7.05 Å². The average molecular weight is 293 g/mol. The van der Waals surface area contributed by atoms with E-state index in [-0.39, 0.29) is 6.04 Å². The molecule has 0 aliphatic carbocycles. The van der Waals surface area contributed by atoms with Crippen molar-refractivity contribution in [3.8, 4) is 0 Å². The van der Waals surface area contributed by atoms with Gasteiger partial charge in [-0.25, -0.2) is 0 Å². The number of hydrogen-bond donors (Lipinski definition) is 1. The maximum Gasteiger partial charge on any atom is 0.0436 e. The number of likely N-dealkylation sites (N-methyl/N-ethyl adjacent to an activating group) is 1. The van der Waals surface area contributed by atoms with Gasteiger partial charge >= 0.3 is 0 Å². The number of benzene rings is 2. The number of rotatable bonds is 5. The Morgan fingerprint density at radius 2 is 1.33 bits per heavy atom. The van der Waals surface area contributed by atoms with Gasteiger partial charge in [-0.3, -0.25) is 0 Å². The molecule has 1 N–H and O–H groups in total. The fourth-order valence-corrected chi connectivity index (χ4v) is 3.57. The summed E-state index contributed by atoms with van der Waals surface area (Å²) >= 11 is 1.75. The lowest BCUT2D eigenvalue weighted by Crippen LogP contribution is -2.24. The molecule has 3 rings (SSSR count). The van der Waals surface area contributed by atoms with Gasteiger partial charge in [-0.05, 0) is 40.6 Å². The molecule has 0 saturated carbocycles. The third-order valence-electron chi connectivity index (χ3n) is 3.86. The van der Waals surface area contributed by atoms with E-state index >= 15 is 0 Å². The predicted molar refractivity (Wildman–Crippen MR) is 90.8 cm³/mol. The maximum atomic E-state index is 3.51. The summed E-state index contributed by atoms with van der Waals surface area (Å²) in [6.45, 7) is 0. The average Bonchev–Trinajstić information content (AvgIpc) is 3.08. The van der Waals surface area contributed by atoms with Crippen molar-refractivity contribution in [2.75, 3.05) is 7.05 Å². The monoisotopic (exact) mass is 293 g/mol. The Kier molecular flexibility index (Phi) is 4.49. The van der Waals surface area contributed by atoms with Crippen molar-refractivity contribution in [2.45, 2.75) is 12.0 Å². The second-order valence-electron chi connectivity index (χ2n) is 5.12. The highest BCUT2D eigenvalue weighted by Gasteiger charge is 2.25. The van der Waals surface area contributed by atoms with Gasteiger partial charge in [-0.15, -0.1) is 0 Å². The summed E-state index contributed by atoms with van der Waals surface area (Å²) in [6, 6.07) is 24.0. The van der Waals surface area contributed by atoms with Crippen LogP contribution in [0.15, 0.2) is 77.5 Å². The quantitative estimate of drug-likeness (QED) is 0.709. The fourth-order valence-electron chi connectivity index (χ4n) is 2.88. The number of thiophene rings is 1. The molecular formula is C19H19NS. The Bertz CT molecular complexity index is 607. The van der Waals surface area contributed by atoms with Gasteiger partial charge in [0.05, 0.1) is 0 Å². The molecule has 2 heteroatoms. The van der Waals surface area contributed by atoms with Crippen LogP contribution in [0.3, 0.4) is 0 Å². The molecule has 0 saturated heterocycles. The molecule has 106 valence electrons. The normalized spacial score (nSPS) is 12.5. The summed E-state index contributed by atoms with van der Waals surface area (Å²) in [5.74, 6) is 0.312. The third kappa shape index (κ3) is 3.07. The molecule has 1 nitrogen and oxygen atoms in total. The van der Waals surface area contributed by atoms with E-state index in [0.29, 0.717) is 5.92 Å². The van der Waals surface area contributed by atoms with Crippen molar-refractivity contribution in [3.63, 3.8) is 0 Å². The Morgan fingerprint density at radius 1 is 0.762 bits per heavy atom. The van der Waals surface area contributed by atoms with Gasteiger partial charge in [-0.2, -0.15) is 11.3 Å². The first-order valence-corrected chi connectivity index (χ1v) is 8.13. The zero-order chi connectivity index (χ0) is 14.5. The minimum atomic E-state index is 0.279. The first-order valence-electron chi connectivity index (χ1n) is 7.19.